The first kappa shape index (κ1) is 23.8. The van der Waals surface area contributed by atoms with Crippen LogP contribution >= 0.6 is 0 Å². The summed E-state index contributed by atoms with van der Waals surface area (Å²) in [4.78, 5) is 18.0. The van der Waals surface area contributed by atoms with E-state index < -0.39 is 0 Å². The molecule has 1 amide bonds. The maximum Gasteiger partial charge on any atom is 0.230 e. The normalized spacial score (nSPS) is 18.5. The van der Waals surface area contributed by atoms with Crippen molar-refractivity contribution in [3.8, 4) is 11.1 Å². The van der Waals surface area contributed by atoms with Crippen molar-refractivity contribution < 1.29 is 4.79 Å². The highest BCUT2D eigenvalue weighted by Gasteiger charge is 2.26. The number of piperidine rings is 1. The third-order valence-corrected chi connectivity index (χ3v) is 7.91. The maximum absolute atomic E-state index is 13.6. The van der Waals surface area contributed by atoms with Crippen molar-refractivity contribution in [3.05, 3.63) is 89.0 Å². The fourth-order valence-electron chi connectivity index (χ4n) is 5.70. The fourth-order valence-corrected chi connectivity index (χ4v) is 5.70. The van der Waals surface area contributed by atoms with E-state index in [9.17, 15) is 4.79 Å². The molecule has 0 radical (unpaired) electrons. The number of likely N-dealkylation sites (tertiary alicyclic amines) is 1. The van der Waals surface area contributed by atoms with Gasteiger partial charge >= 0.3 is 0 Å². The highest BCUT2D eigenvalue weighted by atomic mass is 16.2. The van der Waals surface area contributed by atoms with E-state index in [2.05, 4.69) is 78.6 Å². The van der Waals surface area contributed by atoms with Gasteiger partial charge in [-0.3, -0.25) is 9.69 Å². The van der Waals surface area contributed by atoms with Gasteiger partial charge in [0, 0.05) is 25.2 Å². The van der Waals surface area contributed by atoms with E-state index in [1.54, 1.807) is 0 Å². The van der Waals surface area contributed by atoms with Gasteiger partial charge in [0.15, 0.2) is 0 Å². The molecule has 1 heterocycles. The number of nitrogens with zero attached hydrogens (tertiary/aromatic N) is 2. The van der Waals surface area contributed by atoms with Crippen molar-refractivity contribution >= 4 is 11.6 Å². The lowest BCUT2D eigenvalue weighted by Crippen LogP contribution is -2.34. The standard InChI is InChI=1S/C32H38N2O/c1-24-9-13-27(14-10-24)28-16-15-26-7-6-8-29(22-30(26)21-28)32(35)33(2)31-17-11-25(12-18-31)23-34-19-4-3-5-20-34/h9-18,21,29H,3-8,19-20,22-23H2,1-2H3. The van der Waals surface area contributed by atoms with Crippen molar-refractivity contribution in [1.82, 2.24) is 4.90 Å². The molecule has 1 aliphatic carbocycles. The summed E-state index contributed by atoms with van der Waals surface area (Å²) >= 11 is 0. The molecule has 0 spiro atoms. The van der Waals surface area contributed by atoms with Crippen molar-refractivity contribution in [2.75, 3.05) is 25.0 Å². The summed E-state index contributed by atoms with van der Waals surface area (Å²) in [6, 6.07) is 24.2. The Kier molecular flexibility index (Phi) is 7.34. The van der Waals surface area contributed by atoms with Gasteiger partial charge in [0.25, 0.3) is 0 Å². The number of carbonyl (C=O) groups is 1. The summed E-state index contributed by atoms with van der Waals surface area (Å²) in [6.45, 7) is 5.54. The van der Waals surface area contributed by atoms with Gasteiger partial charge in [-0.25, -0.2) is 0 Å². The van der Waals surface area contributed by atoms with Crippen LogP contribution in [0.4, 0.5) is 5.69 Å². The van der Waals surface area contributed by atoms with Crippen LogP contribution in [0.3, 0.4) is 0 Å². The predicted molar refractivity (Wildman–Crippen MR) is 146 cm³/mol. The van der Waals surface area contributed by atoms with Crippen LogP contribution in [-0.4, -0.2) is 30.9 Å². The largest absolute Gasteiger partial charge is 0.315 e. The summed E-state index contributed by atoms with van der Waals surface area (Å²) in [5.74, 6) is 0.268. The summed E-state index contributed by atoms with van der Waals surface area (Å²) in [6.07, 6.45) is 7.88. The number of benzene rings is 3. The van der Waals surface area contributed by atoms with Gasteiger partial charge in [-0.05, 0) is 98.5 Å². The summed E-state index contributed by atoms with van der Waals surface area (Å²) in [7, 11) is 1.94. The lowest BCUT2D eigenvalue weighted by atomic mass is 9.92. The first-order valence-electron chi connectivity index (χ1n) is 13.3. The molecular formula is C32H38N2O. The lowest BCUT2D eigenvalue weighted by Gasteiger charge is -2.27. The molecule has 3 nitrogen and oxygen atoms in total. The Bertz CT molecular complexity index is 1140. The highest BCUT2D eigenvalue weighted by Crippen LogP contribution is 2.31. The quantitative estimate of drug-likeness (QED) is 0.386. The van der Waals surface area contributed by atoms with Gasteiger partial charge in [0.1, 0.15) is 0 Å². The Morgan fingerprint density at radius 2 is 1.57 bits per heavy atom. The molecule has 1 saturated heterocycles. The van der Waals surface area contributed by atoms with E-state index in [4.69, 9.17) is 0 Å². The Hall–Kier alpha value is -2.91. The Morgan fingerprint density at radius 1 is 0.857 bits per heavy atom. The van der Waals surface area contributed by atoms with Crippen LogP contribution in [0.2, 0.25) is 0 Å². The summed E-state index contributed by atoms with van der Waals surface area (Å²) < 4.78 is 0. The van der Waals surface area contributed by atoms with Crippen LogP contribution in [0.25, 0.3) is 11.1 Å². The third-order valence-electron chi connectivity index (χ3n) is 7.91. The van der Waals surface area contributed by atoms with Crippen molar-refractivity contribution in [1.29, 1.82) is 0 Å². The van der Waals surface area contributed by atoms with Crippen LogP contribution in [0, 0.1) is 12.8 Å². The SMILES string of the molecule is Cc1ccc(-c2ccc3c(c2)CC(C(=O)N(C)c2ccc(CN4CCCCC4)cc2)CCC3)cc1. The molecule has 3 aromatic rings. The molecule has 1 unspecified atom stereocenters. The molecule has 1 fully saturated rings. The number of fused-ring (bicyclic) bond motifs is 1. The van der Waals surface area contributed by atoms with Gasteiger partial charge in [-0.2, -0.15) is 0 Å². The smallest absolute Gasteiger partial charge is 0.230 e. The van der Waals surface area contributed by atoms with Crippen LogP contribution in [0.5, 0.6) is 0 Å². The number of hydrogen-bond acceptors (Lipinski definition) is 2. The first-order valence-corrected chi connectivity index (χ1v) is 13.3. The van der Waals surface area contributed by atoms with Crippen LogP contribution in [0.15, 0.2) is 66.7 Å². The lowest BCUT2D eigenvalue weighted by molar-refractivity contribution is -0.122. The molecule has 5 rings (SSSR count). The Balaban J connectivity index is 1.28. The fraction of sp³-hybridized carbons (Fsp3) is 0.406. The molecule has 0 bridgehead atoms. The molecule has 2 aliphatic rings. The van der Waals surface area contributed by atoms with E-state index in [1.165, 1.54) is 65.7 Å². The van der Waals surface area contributed by atoms with E-state index in [0.717, 1.165) is 37.9 Å². The number of carbonyl (C=O) groups excluding carboxylic acids is 1. The number of rotatable bonds is 5. The second kappa shape index (κ2) is 10.8. The predicted octanol–water partition coefficient (Wildman–Crippen LogP) is 6.81. The highest BCUT2D eigenvalue weighted by molar-refractivity contribution is 5.94. The summed E-state index contributed by atoms with van der Waals surface area (Å²) in [5.41, 5.74) is 8.84. The molecule has 3 heteroatoms. The molecule has 35 heavy (non-hydrogen) atoms. The minimum atomic E-state index is 0.0301. The molecule has 0 N–H and O–H groups in total. The van der Waals surface area contributed by atoms with Crippen LogP contribution in [-0.2, 0) is 24.2 Å². The molecule has 3 aromatic carbocycles. The topological polar surface area (TPSA) is 23.6 Å². The minimum Gasteiger partial charge on any atom is -0.315 e. The number of amides is 1. The average molecular weight is 467 g/mol. The molecule has 182 valence electrons. The van der Waals surface area contributed by atoms with Crippen LogP contribution in [0.1, 0.15) is 54.4 Å². The van der Waals surface area contributed by atoms with E-state index in [-0.39, 0.29) is 11.8 Å². The zero-order valence-corrected chi connectivity index (χ0v) is 21.3. The van der Waals surface area contributed by atoms with E-state index >= 15 is 0 Å². The first-order chi connectivity index (χ1) is 17.1. The molecule has 0 saturated carbocycles. The van der Waals surface area contributed by atoms with Crippen LogP contribution < -0.4 is 4.90 Å². The number of aryl methyl sites for hydroxylation is 2. The average Bonchev–Trinajstić information content (AvgIpc) is 3.11. The monoisotopic (exact) mass is 466 g/mol. The molecular weight excluding hydrogens is 428 g/mol. The zero-order valence-electron chi connectivity index (χ0n) is 21.3. The minimum absolute atomic E-state index is 0.0301. The second-order valence-corrected chi connectivity index (χ2v) is 10.5. The van der Waals surface area contributed by atoms with Crippen molar-refractivity contribution in [2.24, 2.45) is 5.92 Å². The van der Waals surface area contributed by atoms with E-state index in [1.807, 2.05) is 11.9 Å². The Morgan fingerprint density at radius 3 is 2.31 bits per heavy atom. The van der Waals surface area contributed by atoms with E-state index in [0.29, 0.717) is 0 Å². The van der Waals surface area contributed by atoms with Gasteiger partial charge in [-0.1, -0.05) is 66.6 Å². The van der Waals surface area contributed by atoms with Gasteiger partial charge in [-0.15, -0.1) is 0 Å². The molecule has 1 atom stereocenters. The van der Waals surface area contributed by atoms with Crippen molar-refractivity contribution in [2.45, 2.75) is 58.4 Å². The molecule has 1 aliphatic heterocycles. The summed E-state index contributed by atoms with van der Waals surface area (Å²) in [5, 5.41) is 0. The second-order valence-electron chi connectivity index (χ2n) is 10.5. The van der Waals surface area contributed by atoms with Gasteiger partial charge in [0.05, 0.1) is 0 Å². The molecule has 0 aromatic heterocycles. The van der Waals surface area contributed by atoms with Gasteiger partial charge in [0.2, 0.25) is 5.91 Å². The van der Waals surface area contributed by atoms with Gasteiger partial charge < -0.3 is 4.90 Å². The number of anilines is 1. The Labute approximate surface area is 210 Å². The zero-order chi connectivity index (χ0) is 24.2. The third kappa shape index (κ3) is 5.67. The van der Waals surface area contributed by atoms with Crippen molar-refractivity contribution in [3.63, 3.8) is 0 Å². The number of hydrogen-bond donors (Lipinski definition) is 0. The maximum atomic E-state index is 13.6.